The normalized spacial score (nSPS) is 11.6. The van der Waals surface area contributed by atoms with Gasteiger partial charge in [0, 0.05) is 11.1 Å². The van der Waals surface area contributed by atoms with Gasteiger partial charge in [0.15, 0.2) is 0 Å². The Hall–Kier alpha value is -3.36. The third-order valence-electron chi connectivity index (χ3n) is 5.55. The minimum atomic E-state index is 0.0669. The van der Waals surface area contributed by atoms with Gasteiger partial charge in [-0.3, -0.25) is 0 Å². The van der Waals surface area contributed by atoms with Crippen molar-refractivity contribution in [3.63, 3.8) is 0 Å². The van der Waals surface area contributed by atoms with E-state index in [0.717, 1.165) is 22.3 Å². The first-order valence-electron chi connectivity index (χ1n) is 10.3. The fourth-order valence-electron chi connectivity index (χ4n) is 3.62. The van der Waals surface area contributed by atoms with Crippen molar-refractivity contribution in [2.75, 3.05) is 0 Å². The van der Waals surface area contributed by atoms with E-state index >= 15 is 0 Å². The summed E-state index contributed by atoms with van der Waals surface area (Å²) in [5.74, 6) is 0. The Morgan fingerprint density at radius 1 is 0.500 bits per heavy atom. The van der Waals surface area contributed by atoms with Crippen LogP contribution in [0.4, 0.5) is 0 Å². The van der Waals surface area contributed by atoms with Crippen molar-refractivity contribution in [3.05, 3.63) is 82.9 Å². The molecule has 0 saturated carbocycles. The molecule has 0 bridgehead atoms. The number of benzene rings is 3. The molecule has 0 atom stereocenters. The highest BCUT2D eigenvalue weighted by molar-refractivity contribution is 5.82. The highest BCUT2D eigenvalue weighted by Gasteiger charge is 2.18. The van der Waals surface area contributed by atoms with Gasteiger partial charge in [-0.1, -0.05) is 102 Å². The average molecular weight is 393 g/mol. The summed E-state index contributed by atoms with van der Waals surface area (Å²) >= 11 is 0. The first-order chi connectivity index (χ1) is 14.1. The first-order valence-corrected chi connectivity index (χ1v) is 10.3. The molecule has 0 amide bonds. The molecular weight excluding hydrogens is 364 g/mol. The van der Waals surface area contributed by atoms with E-state index in [0.29, 0.717) is 11.1 Å². The van der Waals surface area contributed by atoms with E-state index in [-0.39, 0.29) is 10.8 Å². The summed E-state index contributed by atoms with van der Waals surface area (Å²) in [7, 11) is 0. The highest BCUT2D eigenvalue weighted by Crippen LogP contribution is 2.35. The molecule has 0 heterocycles. The summed E-state index contributed by atoms with van der Waals surface area (Å²) in [6.45, 7) is 13.1. The van der Waals surface area contributed by atoms with E-state index in [1.54, 1.807) is 0 Å². The average Bonchev–Trinajstić information content (AvgIpc) is 2.71. The minimum Gasteiger partial charge on any atom is -0.192 e. The van der Waals surface area contributed by atoms with Gasteiger partial charge in [-0.25, -0.2) is 0 Å². The Labute approximate surface area is 180 Å². The molecule has 3 rings (SSSR count). The summed E-state index contributed by atoms with van der Waals surface area (Å²) in [5.41, 5.74) is 6.96. The van der Waals surface area contributed by atoms with E-state index in [1.165, 1.54) is 11.1 Å². The Balaban J connectivity index is 2.10. The molecule has 150 valence electrons. The second kappa shape index (κ2) is 7.81. The number of hydrogen-bond donors (Lipinski definition) is 0. The smallest absolute Gasteiger partial charge is 0.101 e. The van der Waals surface area contributed by atoms with E-state index in [9.17, 15) is 10.5 Å². The van der Waals surface area contributed by atoms with Crippen LogP contribution in [0.1, 0.15) is 63.8 Å². The molecule has 0 fully saturated rings. The lowest BCUT2D eigenvalue weighted by Gasteiger charge is -2.20. The first kappa shape index (κ1) is 21.4. The van der Waals surface area contributed by atoms with Crippen LogP contribution in [0.3, 0.4) is 0 Å². The van der Waals surface area contributed by atoms with Gasteiger partial charge in [0.1, 0.15) is 12.1 Å². The standard InChI is InChI=1S/C28H28N2/c1-27(2,3)21-11-7-19(8-12-21)23-15-16-24(26(18-30)25(23)17-29)20-9-13-22(14-10-20)28(4,5)6/h7-16H,1-6H3. The van der Waals surface area contributed by atoms with E-state index < -0.39 is 0 Å². The van der Waals surface area contributed by atoms with Crippen LogP contribution in [0, 0.1) is 22.7 Å². The third kappa shape index (κ3) is 4.14. The molecule has 0 aliphatic carbocycles. The van der Waals surface area contributed by atoms with Crippen LogP contribution in [0.5, 0.6) is 0 Å². The van der Waals surface area contributed by atoms with Gasteiger partial charge >= 0.3 is 0 Å². The molecule has 0 aromatic heterocycles. The zero-order chi connectivity index (χ0) is 22.1. The van der Waals surface area contributed by atoms with Crippen LogP contribution in [-0.4, -0.2) is 0 Å². The Kier molecular flexibility index (Phi) is 5.56. The summed E-state index contributed by atoms with van der Waals surface area (Å²) < 4.78 is 0. The molecule has 30 heavy (non-hydrogen) atoms. The zero-order valence-corrected chi connectivity index (χ0v) is 18.7. The number of nitrogens with zero attached hydrogens (tertiary/aromatic N) is 2. The summed E-state index contributed by atoms with van der Waals surface area (Å²) in [6, 6.07) is 25.0. The van der Waals surface area contributed by atoms with Gasteiger partial charge in [-0.05, 0) is 33.1 Å². The van der Waals surface area contributed by atoms with Gasteiger partial charge < -0.3 is 0 Å². The lowest BCUT2D eigenvalue weighted by atomic mass is 9.84. The quantitative estimate of drug-likeness (QED) is 0.457. The molecule has 0 radical (unpaired) electrons. The lowest BCUT2D eigenvalue weighted by molar-refractivity contribution is 0.590. The van der Waals surface area contributed by atoms with E-state index in [4.69, 9.17) is 0 Å². The van der Waals surface area contributed by atoms with Gasteiger partial charge in [0.25, 0.3) is 0 Å². The molecule has 3 aromatic rings. The number of rotatable bonds is 2. The van der Waals surface area contributed by atoms with Crippen molar-refractivity contribution >= 4 is 0 Å². The molecule has 2 heteroatoms. The molecular formula is C28H28N2. The van der Waals surface area contributed by atoms with Crippen LogP contribution < -0.4 is 0 Å². The summed E-state index contributed by atoms with van der Waals surface area (Å²) in [4.78, 5) is 0. The minimum absolute atomic E-state index is 0.0669. The van der Waals surface area contributed by atoms with Crippen molar-refractivity contribution in [2.45, 2.75) is 52.4 Å². The maximum absolute atomic E-state index is 9.90. The SMILES string of the molecule is CC(C)(C)c1ccc(-c2ccc(-c3ccc(C(C)(C)C)cc3)c(C#N)c2C#N)cc1. The van der Waals surface area contributed by atoms with Crippen molar-refractivity contribution in [1.82, 2.24) is 0 Å². The Bertz CT molecular complexity index is 1040. The lowest BCUT2D eigenvalue weighted by Crippen LogP contribution is -2.10. The van der Waals surface area contributed by atoms with Gasteiger partial charge in [0.2, 0.25) is 0 Å². The molecule has 0 aliphatic heterocycles. The highest BCUT2D eigenvalue weighted by atomic mass is 14.3. The molecule has 0 saturated heterocycles. The zero-order valence-electron chi connectivity index (χ0n) is 18.7. The molecule has 3 aromatic carbocycles. The van der Waals surface area contributed by atoms with Crippen molar-refractivity contribution in [3.8, 4) is 34.4 Å². The van der Waals surface area contributed by atoms with Crippen molar-refractivity contribution in [1.29, 1.82) is 10.5 Å². The molecule has 0 unspecified atom stereocenters. The second-order valence-corrected chi connectivity index (χ2v) is 9.79. The topological polar surface area (TPSA) is 47.6 Å². The predicted molar refractivity (Wildman–Crippen MR) is 124 cm³/mol. The van der Waals surface area contributed by atoms with Crippen LogP contribution in [-0.2, 0) is 10.8 Å². The van der Waals surface area contributed by atoms with Crippen LogP contribution >= 0.6 is 0 Å². The van der Waals surface area contributed by atoms with E-state index in [1.807, 2.05) is 36.4 Å². The van der Waals surface area contributed by atoms with Crippen molar-refractivity contribution in [2.24, 2.45) is 0 Å². The maximum Gasteiger partial charge on any atom is 0.101 e. The Morgan fingerprint density at radius 2 is 0.800 bits per heavy atom. The monoisotopic (exact) mass is 392 g/mol. The second-order valence-electron chi connectivity index (χ2n) is 9.79. The van der Waals surface area contributed by atoms with Gasteiger partial charge in [-0.15, -0.1) is 0 Å². The summed E-state index contributed by atoms with van der Waals surface area (Å²) in [6.07, 6.45) is 0. The van der Waals surface area contributed by atoms with Crippen LogP contribution in [0.25, 0.3) is 22.3 Å². The van der Waals surface area contributed by atoms with Crippen LogP contribution in [0.2, 0.25) is 0 Å². The van der Waals surface area contributed by atoms with E-state index in [2.05, 4.69) is 77.9 Å². The third-order valence-corrected chi connectivity index (χ3v) is 5.55. The molecule has 2 nitrogen and oxygen atoms in total. The fourth-order valence-corrected chi connectivity index (χ4v) is 3.62. The summed E-state index contributed by atoms with van der Waals surface area (Å²) in [5, 5.41) is 19.8. The fraction of sp³-hybridized carbons (Fsp3) is 0.286. The molecule has 0 aliphatic rings. The van der Waals surface area contributed by atoms with Crippen molar-refractivity contribution < 1.29 is 0 Å². The van der Waals surface area contributed by atoms with Gasteiger partial charge in [-0.2, -0.15) is 10.5 Å². The Morgan fingerprint density at radius 3 is 1.03 bits per heavy atom. The predicted octanol–water partition coefficient (Wildman–Crippen LogP) is 7.36. The largest absolute Gasteiger partial charge is 0.192 e. The maximum atomic E-state index is 9.90. The molecule has 0 spiro atoms. The number of hydrogen-bond acceptors (Lipinski definition) is 2. The van der Waals surface area contributed by atoms with Crippen LogP contribution in [0.15, 0.2) is 60.7 Å². The van der Waals surface area contributed by atoms with Gasteiger partial charge in [0.05, 0.1) is 11.1 Å². The number of nitriles is 2. The molecule has 0 N–H and O–H groups in total.